The number of rotatable bonds is 1. The third-order valence-corrected chi connectivity index (χ3v) is 3.51. The molecule has 0 spiro atoms. The predicted octanol–water partition coefficient (Wildman–Crippen LogP) is 5.42. The van der Waals surface area contributed by atoms with Gasteiger partial charge in [0.2, 0.25) is 0 Å². The van der Waals surface area contributed by atoms with Gasteiger partial charge < -0.3 is 4.42 Å². The Balaban J connectivity index is 2.27. The van der Waals surface area contributed by atoms with E-state index in [1.54, 1.807) is 36.4 Å². The lowest BCUT2D eigenvalue weighted by molar-refractivity contribution is 0.619. The van der Waals surface area contributed by atoms with Crippen LogP contribution in [0.4, 0.5) is 0 Å². The van der Waals surface area contributed by atoms with Crippen LogP contribution in [0.15, 0.2) is 51.7 Å². The van der Waals surface area contributed by atoms with Crippen LogP contribution in [0.1, 0.15) is 0 Å². The summed E-state index contributed by atoms with van der Waals surface area (Å²) in [5.41, 5.74) is 0.948. The molecule has 1 heterocycles. The molecule has 0 atom stereocenters. The molecule has 0 aliphatic carbocycles. The highest BCUT2D eigenvalue weighted by Crippen LogP contribution is 2.28. The second-order valence-corrected chi connectivity index (χ2v) is 5.58. The van der Waals surface area contributed by atoms with E-state index in [0.717, 1.165) is 0 Å². The van der Waals surface area contributed by atoms with Gasteiger partial charge in [-0.05, 0) is 36.4 Å². The predicted molar refractivity (Wildman–Crippen MR) is 83.0 cm³/mol. The van der Waals surface area contributed by atoms with Crippen LogP contribution < -0.4 is 5.43 Å². The first kappa shape index (κ1) is 13.5. The molecule has 0 unspecified atom stereocenters. The molecule has 5 heteroatoms. The van der Waals surface area contributed by atoms with E-state index in [2.05, 4.69) is 0 Å². The normalized spacial score (nSPS) is 10.9. The first-order valence-electron chi connectivity index (χ1n) is 5.73. The molecule has 100 valence electrons. The van der Waals surface area contributed by atoms with Crippen molar-refractivity contribution in [2.24, 2.45) is 0 Å². The molecule has 0 saturated heterocycles. The van der Waals surface area contributed by atoms with Gasteiger partial charge >= 0.3 is 0 Å². The Kier molecular flexibility index (Phi) is 3.47. The highest BCUT2D eigenvalue weighted by Gasteiger charge is 2.09. The second-order valence-electron chi connectivity index (χ2n) is 4.27. The third kappa shape index (κ3) is 2.55. The van der Waals surface area contributed by atoms with E-state index in [4.69, 9.17) is 39.2 Å². The summed E-state index contributed by atoms with van der Waals surface area (Å²) in [6, 6.07) is 11.3. The highest BCUT2D eigenvalue weighted by molar-refractivity contribution is 6.35. The Morgan fingerprint density at radius 1 is 0.800 bits per heavy atom. The van der Waals surface area contributed by atoms with Crippen LogP contribution >= 0.6 is 34.8 Å². The fourth-order valence-corrected chi connectivity index (χ4v) is 2.66. The molecule has 0 aliphatic rings. The van der Waals surface area contributed by atoms with Crippen molar-refractivity contribution in [3.63, 3.8) is 0 Å². The van der Waals surface area contributed by atoms with E-state index in [1.165, 1.54) is 6.07 Å². The summed E-state index contributed by atoms with van der Waals surface area (Å²) in [4.78, 5) is 12.1. The highest BCUT2D eigenvalue weighted by atomic mass is 35.5. The SMILES string of the molecule is O=c1cc(-c2cc(Cl)cc(Cl)c2)oc2ccc(Cl)cc12. The average molecular weight is 326 g/mol. The largest absolute Gasteiger partial charge is 0.456 e. The van der Waals surface area contributed by atoms with Crippen LogP contribution in [0.25, 0.3) is 22.3 Å². The van der Waals surface area contributed by atoms with Crippen molar-refractivity contribution in [2.45, 2.75) is 0 Å². The standard InChI is InChI=1S/C15H7Cl3O2/c16-9-1-2-14-12(6-9)13(19)7-15(20-14)8-3-10(17)5-11(18)4-8/h1-7H. The molecular formula is C15H7Cl3O2. The maximum Gasteiger partial charge on any atom is 0.193 e. The van der Waals surface area contributed by atoms with Crippen molar-refractivity contribution in [2.75, 3.05) is 0 Å². The molecule has 1 aromatic heterocycles. The Morgan fingerprint density at radius 2 is 1.50 bits per heavy atom. The van der Waals surface area contributed by atoms with Gasteiger partial charge in [-0.25, -0.2) is 0 Å². The van der Waals surface area contributed by atoms with Crippen LogP contribution in [0.5, 0.6) is 0 Å². The summed E-state index contributed by atoms with van der Waals surface area (Å²) in [5.74, 6) is 0.411. The van der Waals surface area contributed by atoms with Gasteiger partial charge in [-0.1, -0.05) is 34.8 Å². The van der Waals surface area contributed by atoms with Gasteiger partial charge in [0, 0.05) is 26.7 Å². The average Bonchev–Trinajstić information content (AvgIpc) is 2.38. The maximum absolute atomic E-state index is 12.1. The molecular weight excluding hydrogens is 319 g/mol. The van der Waals surface area contributed by atoms with Crippen LogP contribution in [-0.2, 0) is 0 Å². The minimum absolute atomic E-state index is 0.167. The fraction of sp³-hybridized carbons (Fsp3) is 0. The number of benzene rings is 2. The Bertz CT molecular complexity index is 848. The topological polar surface area (TPSA) is 30.2 Å². The Morgan fingerprint density at radius 3 is 2.20 bits per heavy atom. The van der Waals surface area contributed by atoms with Gasteiger partial charge in [-0.15, -0.1) is 0 Å². The van der Waals surface area contributed by atoms with E-state index < -0.39 is 0 Å². The molecule has 0 aliphatic heterocycles. The lowest BCUT2D eigenvalue weighted by Gasteiger charge is -2.04. The van der Waals surface area contributed by atoms with Crippen molar-refractivity contribution >= 4 is 45.8 Å². The summed E-state index contributed by atoms with van der Waals surface area (Å²) in [7, 11) is 0. The molecule has 2 aromatic carbocycles. The molecule has 0 bridgehead atoms. The van der Waals surface area contributed by atoms with E-state index in [9.17, 15) is 4.79 Å². The summed E-state index contributed by atoms with van der Waals surface area (Å²) in [6.07, 6.45) is 0. The molecule has 0 N–H and O–H groups in total. The molecule has 0 saturated carbocycles. The van der Waals surface area contributed by atoms with Crippen LogP contribution in [0.3, 0.4) is 0 Å². The molecule has 0 radical (unpaired) electrons. The van der Waals surface area contributed by atoms with E-state index in [0.29, 0.717) is 37.4 Å². The van der Waals surface area contributed by atoms with Gasteiger partial charge in [0.15, 0.2) is 5.43 Å². The number of hydrogen-bond donors (Lipinski definition) is 0. The smallest absolute Gasteiger partial charge is 0.193 e. The van der Waals surface area contributed by atoms with Crippen LogP contribution in [-0.4, -0.2) is 0 Å². The van der Waals surface area contributed by atoms with Gasteiger partial charge in [0.25, 0.3) is 0 Å². The summed E-state index contributed by atoms with van der Waals surface area (Å²) in [6.45, 7) is 0. The van der Waals surface area contributed by atoms with Crippen LogP contribution in [0, 0.1) is 0 Å². The van der Waals surface area contributed by atoms with E-state index in [-0.39, 0.29) is 5.43 Å². The zero-order valence-corrected chi connectivity index (χ0v) is 12.3. The monoisotopic (exact) mass is 324 g/mol. The lowest BCUT2D eigenvalue weighted by Crippen LogP contribution is -2.00. The summed E-state index contributed by atoms with van der Waals surface area (Å²) in [5, 5.41) is 1.88. The number of fused-ring (bicyclic) bond motifs is 1. The third-order valence-electron chi connectivity index (χ3n) is 2.84. The van der Waals surface area contributed by atoms with Gasteiger partial charge in [0.05, 0.1) is 5.39 Å². The molecule has 2 nitrogen and oxygen atoms in total. The van der Waals surface area contributed by atoms with Gasteiger partial charge in [-0.3, -0.25) is 4.79 Å². The Labute approximate surface area is 129 Å². The molecule has 0 amide bonds. The van der Waals surface area contributed by atoms with Crippen molar-refractivity contribution in [3.05, 3.63) is 67.8 Å². The quantitative estimate of drug-likeness (QED) is 0.598. The van der Waals surface area contributed by atoms with Gasteiger partial charge in [-0.2, -0.15) is 0 Å². The number of hydrogen-bond acceptors (Lipinski definition) is 2. The zero-order valence-electron chi connectivity index (χ0n) is 9.99. The molecule has 3 rings (SSSR count). The molecule has 20 heavy (non-hydrogen) atoms. The fourth-order valence-electron chi connectivity index (χ4n) is 1.97. The summed E-state index contributed by atoms with van der Waals surface area (Å²) < 4.78 is 5.72. The lowest BCUT2D eigenvalue weighted by atomic mass is 10.1. The van der Waals surface area contributed by atoms with E-state index in [1.807, 2.05) is 0 Å². The van der Waals surface area contributed by atoms with Crippen molar-refractivity contribution in [1.82, 2.24) is 0 Å². The van der Waals surface area contributed by atoms with Gasteiger partial charge in [0.1, 0.15) is 11.3 Å². The van der Waals surface area contributed by atoms with Crippen molar-refractivity contribution in [3.8, 4) is 11.3 Å². The van der Waals surface area contributed by atoms with Crippen molar-refractivity contribution < 1.29 is 4.42 Å². The molecule has 3 aromatic rings. The minimum atomic E-state index is -0.167. The minimum Gasteiger partial charge on any atom is -0.456 e. The first-order valence-corrected chi connectivity index (χ1v) is 6.86. The summed E-state index contributed by atoms with van der Waals surface area (Å²) >= 11 is 17.8. The van der Waals surface area contributed by atoms with Crippen molar-refractivity contribution in [1.29, 1.82) is 0 Å². The van der Waals surface area contributed by atoms with Crippen LogP contribution in [0.2, 0.25) is 15.1 Å². The maximum atomic E-state index is 12.1. The van der Waals surface area contributed by atoms with E-state index >= 15 is 0 Å². The Hall–Kier alpha value is -1.48. The molecule has 0 fully saturated rings. The first-order chi connectivity index (χ1) is 9.52. The zero-order chi connectivity index (χ0) is 14.3. The number of halogens is 3. The second kappa shape index (κ2) is 5.13.